The molecule has 0 radical (unpaired) electrons. The number of hydrogen-bond donors (Lipinski definition) is 0. The van der Waals surface area contributed by atoms with Gasteiger partial charge in [0, 0.05) is 4.47 Å². The van der Waals surface area contributed by atoms with Crippen LogP contribution in [-0.2, 0) is 0 Å². The van der Waals surface area contributed by atoms with Gasteiger partial charge in [-0.25, -0.2) is 0 Å². The van der Waals surface area contributed by atoms with E-state index < -0.39 is 0 Å². The highest BCUT2D eigenvalue weighted by atomic mass is 79.9. The molecule has 0 heterocycles. The van der Waals surface area contributed by atoms with Crippen LogP contribution in [0.4, 0.5) is 0 Å². The Kier molecular flexibility index (Phi) is 5.45. The van der Waals surface area contributed by atoms with Crippen LogP contribution in [0.5, 0.6) is 0 Å². The van der Waals surface area contributed by atoms with Crippen molar-refractivity contribution in [1.29, 1.82) is 0 Å². The molecular weight excluding hydrogens is 584 g/mol. The minimum atomic E-state index is 1.15. The third kappa shape index (κ3) is 3.55. The van der Waals surface area contributed by atoms with Crippen LogP contribution in [0.3, 0.4) is 0 Å². The number of benzene rings is 9. The van der Waals surface area contributed by atoms with E-state index in [-0.39, 0.29) is 0 Å². The molecule has 0 unspecified atom stereocenters. The molecule has 0 amide bonds. The molecule has 0 aromatic heterocycles. The van der Waals surface area contributed by atoms with Gasteiger partial charge in [-0.3, -0.25) is 0 Å². The number of rotatable bonds is 2. The Morgan fingerprint density at radius 2 is 0.488 bits per heavy atom. The summed E-state index contributed by atoms with van der Waals surface area (Å²) in [6.07, 6.45) is 0. The molecule has 0 aliphatic carbocycles. The van der Waals surface area contributed by atoms with E-state index in [1.165, 1.54) is 86.9 Å². The highest BCUT2D eigenvalue weighted by Gasteiger charge is 2.22. The van der Waals surface area contributed by atoms with E-state index in [0.29, 0.717) is 0 Å². The van der Waals surface area contributed by atoms with Crippen molar-refractivity contribution in [2.45, 2.75) is 0 Å². The van der Waals surface area contributed by atoms with Crippen LogP contribution in [0.2, 0.25) is 0 Å². The molecule has 9 rings (SSSR count). The quantitative estimate of drug-likeness (QED) is 0.171. The van der Waals surface area contributed by atoms with Crippen molar-refractivity contribution in [3.05, 3.63) is 156 Å². The largest absolute Gasteiger partial charge is 0.0616 e. The molecule has 43 heavy (non-hydrogen) atoms. The fraction of sp³-hybridized carbons (Fsp3) is 0. The molecule has 0 saturated carbocycles. The van der Waals surface area contributed by atoms with Crippen molar-refractivity contribution in [2.24, 2.45) is 0 Å². The Labute approximate surface area is 258 Å². The van der Waals surface area contributed by atoms with Gasteiger partial charge in [0.15, 0.2) is 0 Å². The van der Waals surface area contributed by atoms with Gasteiger partial charge >= 0.3 is 0 Å². The van der Waals surface area contributed by atoms with Crippen LogP contribution in [0, 0.1) is 0 Å². The summed E-state index contributed by atoms with van der Waals surface area (Å²) >= 11 is 3.98. The molecule has 1 heteroatoms. The Morgan fingerprint density at radius 1 is 0.256 bits per heavy atom. The van der Waals surface area contributed by atoms with Crippen LogP contribution in [0.25, 0.3) is 86.9 Å². The maximum absolute atomic E-state index is 3.98. The van der Waals surface area contributed by atoms with Crippen molar-refractivity contribution in [3.63, 3.8) is 0 Å². The first-order chi connectivity index (χ1) is 21.3. The first-order valence-corrected chi connectivity index (χ1v) is 15.5. The molecule has 0 aliphatic heterocycles. The standard InChI is InChI=1S/C42H25Br/c43-42-36-23-11-9-21-34(36)41(35-22-10-12-24-37(35)42)40-32-19-7-5-17-30(32)39(31-18-6-8-20-33(31)40)38-28-15-3-1-13-26(28)25-27-14-2-4-16-29(27)38/h1-25H. The van der Waals surface area contributed by atoms with Crippen molar-refractivity contribution < 1.29 is 0 Å². The zero-order valence-electron chi connectivity index (χ0n) is 23.3. The zero-order chi connectivity index (χ0) is 28.5. The fourth-order valence-electron chi connectivity index (χ4n) is 7.29. The summed E-state index contributed by atoms with van der Waals surface area (Å²) in [5, 5.41) is 15.1. The van der Waals surface area contributed by atoms with Gasteiger partial charge in [0.2, 0.25) is 0 Å². The van der Waals surface area contributed by atoms with Crippen LogP contribution in [-0.4, -0.2) is 0 Å². The van der Waals surface area contributed by atoms with E-state index in [1.54, 1.807) is 0 Å². The molecule has 9 aromatic rings. The summed E-state index contributed by atoms with van der Waals surface area (Å²) in [6, 6.07) is 55.6. The maximum Gasteiger partial charge on any atom is 0.0332 e. The van der Waals surface area contributed by atoms with E-state index in [2.05, 4.69) is 168 Å². The SMILES string of the molecule is Brc1c2ccccc2c(-c2c3ccccc3c(-c3c4ccccc4cc4ccccc34)c3ccccc23)c2ccccc12. The van der Waals surface area contributed by atoms with Crippen molar-refractivity contribution in [3.8, 4) is 22.3 Å². The molecule has 0 N–H and O–H groups in total. The van der Waals surface area contributed by atoms with Crippen molar-refractivity contribution in [2.75, 3.05) is 0 Å². The van der Waals surface area contributed by atoms with E-state index in [4.69, 9.17) is 0 Å². The predicted molar refractivity (Wildman–Crippen MR) is 190 cm³/mol. The molecule has 0 saturated heterocycles. The molecule has 9 aromatic carbocycles. The highest BCUT2D eigenvalue weighted by molar-refractivity contribution is 9.10. The Balaban J connectivity index is 1.56. The number of halogens is 1. The Hall–Kier alpha value is -4.98. The van der Waals surface area contributed by atoms with Crippen LogP contribution >= 0.6 is 15.9 Å². The molecule has 0 atom stereocenters. The normalized spacial score (nSPS) is 11.8. The minimum absolute atomic E-state index is 1.15. The molecular formula is C42H25Br. The Bertz CT molecular complexity index is 2410. The summed E-state index contributed by atoms with van der Waals surface area (Å²) in [5.41, 5.74) is 5.18. The zero-order valence-corrected chi connectivity index (χ0v) is 24.9. The second kappa shape index (κ2) is 9.52. The van der Waals surface area contributed by atoms with Gasteiger partial charge < -0.3 is 0 Å². The Morgan fingerprint density at radius 3 is 0.837 bits per heavy atom. The van der Waals surface area contributed by atoms with Crippen molar-refractivity contribution in [1.82, 2.24) is 0 Å². The summed E-state index contributed by atoms with van der Waals surface area (Å²) in [7, 11) is 0. The lowest BCUT2D eigenvalue weighted by atomic mass is 9.81. The second-order valence-electron chi connectivity index (χ2n) is 11.3. The first kappa shape index (κ1) is 24.6. The third-order valence-corrected chi connectivity index (χ3v) is 9.92. The van der Waals surface area contributed by atoms with Crippen LogP contribution in [0.1, 0.15) is 0 Å². The lowest BCUT2D eigenvalue weighted by Crippen LogP contribution is -1.94. The topological polar surface area (TPSA) is 0 Å². The number of hydrogen-bond acceptors (Lipinski definition) is 0. The summed E-state index contributed by atoms with van der Waals surface area (Å²) < 4.78 is 1.15. The van der Waals surface area contributed by atoms with Gasteiger partial charge in [0.05, 0.1) is 0 Å². The van der Waals surface area contributed by atoms with E-state index in [0.717, 1.165) is 4.47 Å². The summed E-state index contributed by atoms with van der Waals surface area (Å²) in [6.45, 7) is 0. The summed E-state index contributed by atoms with van der Waals surface area (Å²) in [4.78, 5) is 0. The first-order valence-electron chi connectivity index (χ1n) is 14.7. The lowest BCUT2D eigenvalue weighted by Gasteiger charge is -2.22. The molecule has 0 spiro atoms. The second-order valence-corrected chi connectivity index (χ2v) is 12.1. The van der Waals surface area contributed by atoms with Gasteiger partial charge in [-0.2, -0.15) is 0 Å². The molecule has 0 aliphatic rings. The highest BCUT2D eigenvalue weighted by Crippen LogP contribution is 2.50. The van der Waals surface area contributed by atoms with Gasteiger partial charge in [-0.1, -0.05) is 146 Å². The van der Waals surface area contributed by atoms with E-state index in [1.807, 2.05) is 0 Å². The third-order valence-electron chi connectivity index (χ3n) is 9.07. The fourth-order valence-corrected chi connectivity index (χ4v) is 7.99. The predicted octanol–water partition coefficient (Wildman–Crippen LogP) is 12.7. The van der Waals surface area contributed by atoms with Gasteiger partial charge in [0.1, 0.15) is 0 Å². The number of fused-ring (bicyclic) bond motifs is 6. The molecule has 0 bridgehead atoms. The average molecular weight is 610 g/mol. The van der Waals surface area contributed by atoms with Crippen LogP contribution in [0.15, 0.2) is 156 Å². The van der Waals surface area contributed by atoms with Gasteiger partial charge in [0.25, 0.3) is 0 Å². The molecule has 200 valence electrons. The molecule has 0 fully saturated rings. The average Bonchev–Trinajstić information content (AvgIpc) is 3.07. The molecule has 0 nitrogen and oxygen atoms in total. The smallest absolute Gasteiger partial charge is 0.0332 e. The lowest BCUT2D eigenvalue weighted by molar-refractivity contribution is 1.70. The van der Waals surface area contributed by atoms with Crippen LogP contribution < -0.4 is 0 Å². The maximum atomic E-state index is 3.98. The van der Waals surface area contributed by atoms with Gasteiger partial charge in [-0.15, -0.1) is 0 Å². The van der Waals surface area contributed by atoms with Gasteiger partial charge in [-0.05, 0) is 109 Å². The summed E-state index contributed by atoms with van der Waals surface area (Å²) in [5.74, 6) is 0. The monoisotopic (exact) mass is 608 g/mol. The minimum Gasteiger partial charge on any atom is -0.0616 e. The van der Waals surface area contributed by atoms with E-state index >= 15 is 0 Å². The van der Waals surface area contributed by atoms with Crippen molar-refractivity contribution >= 4 is 80.6 Å². The van der Waals surface area contributed by atoms with E-state index in [9.17, 15) is 0 Å².